The maximum absolute atomic E-state index is 11.5. The number of Topliss-reactive ketones (excluding diaryl/α,β-unsaturated/α-hetero) is 1. The van der Waals surface area contributed by atoms with E-state index < -0.39 is 12.1 Å². The Morgan fingerprint density at radius 1 is 1.59 bits per heavy atom. The predicted octanol–water partition coefficient (Wildman–Crippen LogP) is 2.04. The van der Waals surface area contributed by atoms with Crippen LogP contribution in [0.1, 0.15) is 26.7 Å². The molecule has 0 heterocycles. The summed E-state index contributed by atoms with van der Waals surface area (Å²) in [5.74, 6) is -0.981. The van der Waals surface area contributed by atoms with E-state index >= 15 is 0 Å². The van der Waals surface area contributed by atoms with Gasteiger partial charge in [-0.15, -0.1) is 0 Å². The van der Waals surface area contributed by atoms with Crippen molar-refractivity contribution in [3.8, 4) is 0 Å². The lowest BCUT2D eigenvalue weighted by Gasteiger charge is -2.19. The van der Waals surface area contributed by atoms with Gasteiger partial charge < -0.3 is 9.84 Å². The average molecular weight is 254 g/mol. The summed E-state index contributed by atoms with van der Waals surface area (Å²) in [6.45, 7) is 3.10. The molecule has 4 nitrogen and oxygen atoms in total. The van der Waals surface area contributed by atoms with Crippen molar-refractivity contribution in [2.45, 2.75) is 32.8 Å². The Balaban J connectivity index is 3.03. The summed E-state index contributed by atoms with van der Waals surface area (Å²) in [7, 11) is 0. The Hall–Kier alpha value is -1.49. The van der Waals surface area contributed by atoms with Crippen molar-refractivity contribution in [2.75, 3.05) is 0 Å². The average Bonchev–Trinajstić information content (AvgIpc) is 2.24. The van der Waals surface area contributed by atoms with Crippen LogP contribution >= 0.6 is 12.2 Å². The third kappa shape index (κ3) is 3.23. The number of thiocarbonyl (C=S) groups is 1. The van der Waals surface area contributed by atoms with Crippen molar-refractivity contribution in [3.63, 3.8) is 0 Å². The number of ether oxygens (including phenoxy) is 1. The van der Waals surface area contributed by atoms with Gasteiger partial charge in [0.15, 0.2) is 11.9 Å². The lowest BCUT2D eigenvalue weighted by atomic mass is 10.00. The Kier molecular flexibility index (Phi) is 4.57. The normalized spacial score (nSPS) is 16.9. The van der Waals surface area contributed by atoms with Gasteiger partial charge in [0.1, 0.15) is 5.76 Å². The molecule has 0 aromatic carbocycles. The fraction of sp³-hybridized carbons (Fsp3) is 0.417. The van der Waals surface area contributed by atoms with Crippen LogP contribution in [0.25, 0.3) is 0 Å². The Labute approximate surface area is 105 Å². The van der Waals surface area contributed by atoms with Gasteiger partial charge in [-0.3, -0.25) is 4.79 Å². The van der Waals surface area contributed by atoms with Crippen molar-refractivity contribution in [1.82, 2.24) is 0 Å². The fourth-order valence-corrected chi connectivity index (χ4v) is 1.87. The standard InChI is InChI=1S/C12H14O4S/c1-3-8(12(14)15)16-9-5-4-6-10(17)11(9)7(2)13/h4-5,8H,3,6H2,1-2H3,(H,14,15). The minimum absolute atomic E-state index is 0.199. The predicted molar refractivity (Wildman–Crippen MR) is 66.9 cm³/mol. The zero-order valence-electron chi connectivity index (χ0n) is 9.73. The number of carboxylic acids is 1. The van der Waals surface area contributed by atoms with E-state index in [1.807, 2.05) is 0 Å². The minimum atomic E-state index is -1.05. The molecule has 0 bridgehead atoms. The maximum Gasteiger partial charge on any atom is 0.344 e. The number of ketones is 1. The smallest absolute Gasteiger partial charge is 0.344 e. The quantitative estimate of drug-likeness (QED) is 0.761. The summed E-state index contributed by atoms with van der Waals surface area (Å²) in [5.41, 5.74) is 0.321. The summed E-state index contributed by atoms with van der Waals surface area (Å²) < 4.78 is 5.33. The van der Waals surface area contributed by atoms with Gasteiger partial charge in [-0.1, -0.05) is 25.2 Å². The van der Waals surface area contributed by atoms with Crippen molar-refractivity contribution in [3.05, 3.63) is 23.5 Å². The van der Waals surface area contributed by atoms with Crippen LogP contribution < -0.4 is 0 Å². The number of rotatable bonds is 5. The lowest BCUT2D eigenvalue weighted by Crippen LogP contribution is -2.25. The van der Waals surface area contributed by atoms with E-state index in [0.29, 0.717) is 23.3 Å². The first kappa shape index (κ1) is 13.6. The molecule has 1 N–H and O–H groups in total. The number of carboxylic acid groups (broad SMARTS) is 1. The third-order valence-electron chi connectivity index (χ3n) is 2.37. The van der Waals surface area contributed by atoms with Crippen LogP contribution in [0.3, 0.4) is 0 Å². The molecule has 1 atom stereocenters. The van der Waals surface area contributed by atoms with Crippen molar-refractivity contribution >= 4 is 28.8 Å². The summed E-state index contributed by atoms with van der Waals surface area (Å²) >= 11 is 5.08. The molecule has 17 heavy (non-hydrogen) atoms. The van der Waals surface area contributed by atoms with Crippen LogP contribution in [0.5, 0.6) is 0 Å². The Bertz CT molecular complexity index is 420. The number of aliphatic carboxylic acids is 1. The highest BCUT2D eigenvalue weighted by Crippen LogP contribution is 2.21. The van der Waals surface area contributed by atoms with Crippen LogP contribution in [-0.2, 0) is 14.3 Å². The molecule has 0 radical (unpaired) electrons. The molecule has 5 heteroatoms. The number of hydrogen-bond acceptors (Lipinski definition) is 4. The molecule has 1 unspecified atom stereocenters. The van der Waals surface area contributed by atoms with Gasteiger partial charge in [-0.05, 0) is 19.4 Å². The van der Waals surface area contributed by atoms with Gasteiger partial charge in [0, 0.05) is 11.3 Å². The van der Waals surface area contributed by atoms with E-state index in [0.717, 1.165) is 0 Å². The zero-order valence-corrected chi connectivity index (χ0v) is 10.5. The van der Waals surface area contributed by atoms with Gasteiger partial charge >= 0.3 is 5.97 Å². The first-order valence-corrected chi connectivity index (χ1v) is 5.72. The van der Waals surface area contributed by atoms with E-state index in [1.165, 1.54) is 6.92 Å². The summed E-state index contributed by atoms with van der Waals surface area (Å²) in [6, 6.07) is 0. The molecule has 0 saturated heterocycles. The summed E-state index contributed by atoms with van der Waals surface area (Å²) in [4.78, 5) is 22.8. The fourth-order valence-electron chi connectivity index (χ4n) is 1.53. The molecule has 0 amide bonds. The zero-order chi connectivity index (χ0) is 13.0. The SMILES string of the molecule is CCC(OC1=C(C(C)=O)C(=S)CC=C1)C(=O)O. The number of carbonyl (C=O) groups is 2. The molecule has 1 aliphatic carbocycles. The minimum Gasteiger partial charge on any atom is -0.479 e. The maximum atomic E-state index is 11.5. The second kappa shape index (κ2) is 5.72. The van der Waals surface area contributed by atoms with E-state index in [4.69, 9.17) is 22.1 Å². The highest BCUT2D eigenvalue weighted by molar-refractivity contribution is 7.81. The lowest BCUT2D eigenvalue weighted by molar-refractivity contribution is -0.147. The monoisotopic (exact) mass is 254 g/mol. The Morgan fingerprint density at radius 3 is 2.71 bits per heavy atom. The Morgan fingerprint density at radius 2 is 2.24 bits per heavy atom. The molecule has 1 rings (SSSR count). The van der Waals surface area contributed by atoms with E-state index in [9.17, 15) is 9.59 Å². The molecule has 0 aliphatic heterocycles. The number of carbonyl (C=O) groups excluding carboxylic acids is 1. The highest BCUT2D eigenvalue weighted by Gasteiger charge is 2.24. The van der Waals surface area contributed by atoms with Crippen LogP contribution in [0.4, 0.5) is 0 Å². The molecular weight excluding hydrogens is 240 g/mol. The van der Waals surface area contributed by atoms with Crippen LogP contribution in [0.15, 0.2) is 23.5 Å². The van der Waals surface area contributed by atoms with Gasteiger partial charge in [0.2, 0.25) is 0 Å². The molecule has 0 aromatic heterocycles. The second-order valence-electron chi connectivity index (χ2n) is 3.68. The van der Waals surface area contributed by atoms with Crippen LogP contribution in [0, 0.1) is 0 Å². The van der Waals surface area contributed by atoms with Crippen molar-refractivity contribution in [1.29, 1.82) is 0 Å². The van der Waals surface area contributed by atoms with E-state index in [2.05, 4.69) is 0 Å². The molecule has 92 valence electrons. The highest BCUT2D eigenvalue weighted by atomic mass is 32.1. The second-order valence-corrected chi connectivity index (χ2v) is 4.17. The topological polar surface area (TPSA) is 63.6 Å². The van der Waals surface area contributed by atoms with Gasteiger partial charge in [-0.2, -0.15) is 0 Å². The van der Waals surface area contributed by atoms with Crippen molar-refractivity contribution < 1.29 is 19.4 Å². The van der Waals surface area contributed by atoms with E-state index in [1.54, 1.807) is 19.1 Å². The molecular formula is C12H14O4S. The van der Waals surface area contributed by atoms with Gasteiger partial charge in [-0.25, -0.2) is 4.79 Å². The largest absolute Gasteiger partial charge is 0.479 e. The molecule has 0 aromatic rings. The summed E-state index contributed by atoms with van der Waals surface area (Å²) in [6.07, 6.45) is 3.26. The molecule has 1 aliphatic rings. The van der Waals surface area contributed by atoms with Crippen LogP contribution in [0.2, 0.25) is 0 Å². The van der Waals surface area contributed by atoms with E-state index in [-0.39, 0.29) is 11.5 Å². The molecule has 0 fully saturated rings. The van der Waals surface area contributed by atoms with Crippen molar-refractivity contribution in [2.24, 2.45) is 0 Å². The van der Waals surface area contributed by atoms with Gasteiger partial charge in [0.25, 0.3) is 0 Å². The first-order valence-electron chi connectivity index (χ1n) is 5.31. The third-order valence-corrected chi connectivity index (χ3v) is 2.74. The first-order chi connectivity index (χ1) is 7.97. The summed E-state index contributed by atoms with van der Waals surface area (Å²) in [5, 5.41) is 8.91. The number of allylic oxidation sites excluding steroid dienone is 3. The molecule has 0 spiro atoms. The van der Waals surface area contributed by atoms with Gasteiger partial charge in [0.05, 0.1) is 5.57 Å². The molecule has 0 saturated carbocycles. The van der Waals surface area contributed by atoms with Crippen LogP contribution in [-0.4, -0.2) is 27.8 Å². The number of hydrogen-bond donors (Lipinski definition) is 1.